The van der Waals surface area contributed by atoms with Crippen molar-refractivity contribution in [3.8, 4) is 0 Å². The number of nitro groups is 1. The van der Waals surface area contributed by atoms with Gasteiger partial charge < -0.3 is 35.1 Å². The number of hydrogen-bond acceptors (Lipinski definition) is 8. The summed E-state index contributed by atoms with van der Waals surface area (Å²) in [7, 11) is 0. The Balaban J connectivity index is 1.44. The molecule has 0 saturated carbocycles. The smallest absolute Gasteiger partial charge is 0.381 e. The predicted octanol–water partition coefficient (Wildman–Crippen LogP) is 0.409. The minimum atomic E-state index is -1.13. The first-order valence-electron chi connectivity index (χ1n) is 9.73. The molecule has 12 heteroatoms. The predicted molar refractivity (Wildman–Crippen MR) is 106 cm³/mol. The molecule has 3 aliphatic heterocycles. The highest BCUT2D eigenvalue weighted by Crippen LogP contribution is 2.51. The monoisotopic (exact) mass is 437 g/mol. The van der Waals surface area contributed by atoms with Crippen LogP contribution in [0.1, 0.15) is 20.3 Å². The molecule has 1 amide bonds. The molecule has 1 aromatic rings. The van der Waals surface area contributed by atoms with Gasteiger partial charge in [0.15, 0.2) is 0 Å². The Hall–Kier alpha value is -2.44. The molecule has 162 valence electrons. The minimum Gasteiger partial charge on any atom is -0.477 e. The number of aliphatic hydroxyl groups excluding tert-OH is 1. The molecule has 1 aromatic heterocycles. The average molecular weight is 437 g/mol. The van der Waals surface area contributed by atoms with E-state index in [9.17, 15) is 29.9 Å². The first-order valence-corrected chi connectivity index (χ1v) is 10.6. The van der Waals surface area contributed by atoms with E-state index in [2.05, 4.69) is 10.3 Å². The number of nitrogens with one attached hydrogen (secondary N) is 1. The molecular weight excluding hydrogens is 414 g/mol. The third-order valence-electron chi connectivity index (χ3n) is 6.02. The number of aliphatic carboxylic acids is 1. The molecule has 3 N–H and O–H groups in total. The summed E-state index contributed by atoms with van der Waals surface area (Å²) >= 11 is 1.47. The highest BCUT2D eigenvalue weighted by molar-refractivity contribution is 8.03. The normalized spacial score (nSPS) is 31.6. The maximum atomic E-state index is 12.4. The summed E-state index contributed by atoms with van der Waals surface area (Å²) in [6.45, 7) is 4.65. The molecule has 0 aromatic carbocycles. The Kier molecular flexibility index (Phi) is 5.32. The number of fused-ring (bicyclic) bond motifs is 1. The lowest BCUT2D eigenvalue weighted by Gasteiger charge is -2.46. The summed E-state index contributed by atoms with van der Waals surface area (Å²) < 4.78 is 1.67. The van der Waals surface area contributed by atoms with E-state index in [1.165, 1.54) is 29.2 Å². The second-order valence-electron chi connectivity index (χ2n) is 8.04. The number of carbonyl (C=O) groups excluding carboxylic acids is 1. The molecule has 0 bridgehead atoms. The van der Waals surface area contributed by atoms with Gasteiger partial charge in [-0.15, -0.1) is 11.8 Å². The minimum absolute atomic E-state index is 0.0353. The van der Waals surface area contributed by atoms with Crippen molar-refractivity contribution in [2.75, 3.05) is 6.54 Å². The molecule has 3 aliphatic rings. The molecule has 0 radical (unpaired) electrons. The van der Waals surface area contributed by atoms with Crippen LogP contribution in [0.15, 0.2) is 23.1 Å². The van der Waals surface area contributed by atoms with Gasteiger partial charge in [0, 0.05) is 35.2 Å². The summed E-state index contributed by atoms with van der Waals surface area (Å²) in [6, 6.07) is -0.242. The number of imidazole rings is 1. The van der Waals surface area contributed by atoms with Crippen molar-refractivity contribution in [3.05, 3.63) is 33.2 Å². The number of aromatic nitrogens is 2. The topological polar surface area (TPSA) is 151 Å². The Labute approximate surface area is 176 Å². The number of thioether (sulfide) groups is 1. The molecule has 4 rings (SSSR count). The molecule has 2 saturated heterocycles. The fraction of sp³-hybridized carbons (Fsp3) is 0.611. The van der Waals surface area contributed by atoms with Crippen LogP contribution in [-0.4, -0.2) is 71.4 Å². The van der Waals surface area contributed by atoms with Crippen LogP contribution < -0.4 is 5.32 Å². The number of nitrogens with zero attached hydrogens (tertiary/aromatic N) is 4. The zero-order valence-corrected chi connectivity index (χ0v) is 17.3. The summed E-state index contributed by atoms with van der Waals surface area (Å²) in [6.07, 6.45) is 2.74. The Morgan fingerprint density at radius 2 is 2.27 bits per heavy atom. The Morgan fingerprint density at radius 1 is 1.53 bits per heavy atom. The second kappa shape index (κ2) is 7.67. The standard InChI is InChI=1S/C18H23N5O6S/c1-8-14-13(9(2)24)17(25)22(14)15(18(26)27)16(8)30-11-3-10(19-4-11)5-21-6-12(20-7-21)23(28)29/h6-11,13-14,19,24H,3-5H2,1-2H3,(H,26,27)/t8-,9-,10+,11+,13-,14-/m1/s1. The number of β-lactam (4-membered cyclic amide) rings is 1. The van der Waals surface area contributed by atoms with E-state index < -0.39 is 22.9 Å². The van der Waals surface area contributed by atoms with Crippen molar-refractivity contribution in [1.82, 2.24) is 19.8 Å². The van der Waals surface area contributed by atoms with Gasteiger partial charge in [-0.25, -0.2) is 4.79 Å². The second-order valence-corrected chi connectivity index (χ2v) is 9.38. The van der Waals surface area contributed by atoms with Crippen LogP contribution in [0.4, 0.5) is 5.82 Å². The number of hydrogen-bond donors (Lipinski definition) is 3. The van der Waals surface area contributed by atoms with Crippen LogP contribution >= 0.6 is 11.8 Å². The molecule has 6 atom stereocenters. The number of rotatable bonds is 7. The molecule has 11 nitrogen and oxygen atoms in total. The highest BCUT2D eigenvalue weighted by Gasteiger charge is 2.60. The molecular formula is C18H23N5O6S. The van der Waals surface area contributed by atoms with E-state index >= 15 is 0 Å². The van der Waals surface area contributed by atoms with E-state index in [-0.39, 0.29) is 40.7 Å². The van der Waals surface area contributed by atoms with Gasteiger partial charge in [0.1, 0.15) is 11.9 Å². The summed E-state index contributed by atoms with van der Waals surface area (Å²) in [5.41, 5.74) is 0.0353. The Bertz CT molecular complexity index is 930. The fourth-order valence-electron chi connectivity index (χ4n) is 4.67. The van der Waals surface area contributed by atoms with Crippen molar-refractivity contribution in [1.29, 1.82) is 0 Å². The van der Waals surface area contributed by atoms with Gasteiger partial charge in [0.2, 0.25) is 12.2 Å². The van der Waals surface area contributed by atoms with Crippen LogP contribution in [0.3, 0.4) is 0 Å². The third-order valence-corrected chi connectivity index (χ3v) is 7.54. The number of carboxylic acid groups (broad SMARTS) is 1. The van der Waals surface area contributed by atoms with Crippen molar-refractivity contribution in [2.45, 2.75) is 50.3 Å². The molecule has 2 fully saturated rings. The van der Waals surface area contributed by atoms with E-state index in [1.807, 2.05) is 6.92 Å². The van der Waals surface area contributed by atoms with E-state index in [1.54, 1.807) is 11.5 Å². The lowest BCUT2D eigenvalue weighted by atomic mass is 9.79. The quantitative estimate of drug-likeness (QED) is 0.313. The third kappa shape index (κ3) is 3.38. The van der Waals surface area contributed by atoms with Crippen molar-refractivity contribution in [3.63, 3.8) is 0 Å². The van der Waals surface area contributed by atoms with Gasteiger partial charge >= 0.3 is 11.8 Å². The maximum Gasteiger partial charge on any atom is 0.381 e. The van der Waals surface area contributed by atoms with Crippen molar-refractivity contribution in [2.24, 2.45) is 11.8 Å². The summed E-state index contributed by atoms with van der Waals surface area (Å²) in [5, 5.41) is 33.9. The lowest BCUT2D eigenvalue weighted by molar-refractivity contribution is -0.389. The average Bonchev–Trinajstić information content (AvgIpc) is 3.35. The van der Waals surface area contributed by atoms with Gasteiger partial charge in [-0.05, 0) is 23.3 Å². The van der Waals surface area contributed by atoms with Crippen molar-refractivity contribution >= 4 is 29.5 Å². The van der Waals surface area contributed by atoms with Crippen LogP contribution in [-0.2, 0) is 16.1 Å². The number of aliphatic hydroxyl groups is 1. The SMILES string of the molecule is C[C@@H](O)[C@H]1C(=O)N2C(C(=O)O)=C(S[C@@H]3CN[C@H](Cn4cnc([N+](=O)[O-])c4)C3)[C@H](C)[C@H]12. The van der Waals surface area contributed by atoms with Gasteiger partial charge in [-0.1, -0.05) is 6.92 Å². The highest BCUT2D eigenvalue weighted by atomic mass is 32.2. The largest absolute Gasteiger partial charge is 0.477 e. The van der Waals surface area contributed by atoms with E-state index in [0.29, 0.717) is 18.0 Å². The van der Waals surface area contributed by atoms with Crippen LogP contribution in [0.5, 0.6) is 0 Å². The first-order chi connectivity index (χ1) is 14.2. The van der Waals surface area contributed by atoms with Crippen molar-refractivity contribution < 1.29 is 24.7 Å². The van der Waals surface area contributed by atoms with Crippen LogP contribution in [0, 0.1) is 22.0 Å². The van der Waals surface area contributed by atoms with Gasteiger partial charge in [-0.3, -0.25) is 4.79 Å². The lowest BCUT2D eigenvalue weighted by Crippen LogP contribution is -2.63. The molecule has 0 unspecified atom stereocenters. The fourth-order valence-corrected chi connectivity index (χ4v) is 6.18. The molecule has 0 spiro atoms. The Morgan fingerprint density at radius 3 is 2.87 bits per heavy atom. The zero-order chi connectivity index (χ0) is 21.7. The van der Waals surface area contributed by atoms with E-state index in [0.717, 1.165) is 6.42 Å². The molecule has 4 heterocycles. The van der Waals surface area contributed by atoms with Gasteiger partial charge in [0.05, 0.1) is 18.1 Å². The number of amides is 1. The number of carbonyl (C=O) groups is 2. The van der Waals surface area contributed by atoms with E-state index in [4.69, 9.17) is 0 Å². The molecule has 30 heavy (non-hydrogen) atoms. The zero-order valence-electron chi connectivity index (χ0n) is 16.5. The first kappa shape index (κ1) is 20.8. The summed E-state index contributed by atoms with van der Waals surface area (Å²) in [4.78, 5) is 40.3. The van der Waals surface area contributed by atoms with Crippen LogP contribution in [0.2, 0.25) is 0 Å². The molecule has 0 aliphatic carbocycles. The van der Waals surface area contributed by atoms with Gasteiger partial charge in [-0.2, -0.15) is 0 Å². The van der Waals surface area contributed by atoms with Gasteiger partial charge in [0.25, 0.3) is 0 Å². The number of carboxylic acids is 1. The van der Waals surface area contributed by atoms with Crippen LogP contribution in [0.25, 0.3) is 0 Å². The summed E-state index contributed by atoms with van der Waals surface area (Å²) in [5.74, 6) is -2.39. The maximum absolute atomic E-state index is 12.4.